The molecule has 0 unspecified atom stereocenters. The van der Waals surface area contributed by atoms with E-state index in [4.69, 9.17) is 4.52 Å². The first kappa shape index (κ1) is 11.3. The first-order chi connectivity index (χ1) is 7.99. The molecule has 7 heteroatoms. The fraction of sp³-hybridized carbons (Fsp3) is 0.400. The van der Waals surface area contributed by atoms with Crippen LogP contribution in [-0.2, 0) is 16.1 Å². The maximum Gasteiger partial charge on any atom is 0.331 e. The van der Waals surface area contributed by atoms with Crippen LogP contribution < -0.4 is 5.32 Å². The first-order valence-electron chi connectivity index (χ1n) is 5.05. The smallest absolute Gasteiger partial charge is 0.331 e. The predicted molar refractivity (Wildman–Crippen MR) is 54.7 cm³/mol. The average Bonchev–Trinajstić information content (AvgIpc) is 2.53. The van der Waals surface area contributed by atoms with Crippen LogP contribution >= 0.6 is 0 Å². The number of hydrogen-bond donors (Lipinski definition) is 1. The zero-order valence-electron chi connectivity index (χ0n) is 9.44. The van der Waals surface area contributed by atoms with Gasteiger partial charge in [0.2, 0.25) is 11.8 Å². The van der Waals surface area contributed by atoms with Crippen LogP contribution in [-0.4, -0.2) is 27.9 Å². The Morgan fingerprint density at radius 1 is 1.35 bits per heavy atom. The lowest BCUT2D eigenvalue weighted by Crippen LogP contribution is -2.52. The Balaban J connectivity index is 2.21. The number of carbonyl (C=O) groups is 3. The van der Waals surface area contributed by atoms with Gasteiger partial charge in [0.05, 0.1) is 12.2 Å². The van der Waals surface area contributed by atoms with Crippen molar-refractivity contribution < 1.29 is 18.9 Å². The standard InChI is InChI=1S/C10H11N3O4/c1-5-7(6(2)17-12-5)4-13-9(15)3-8(14)11-10(13)16/h3-4H2,1-2H3,(H,11,14,16). The summed E-state index contributed by atoms with van der Waals surface area (Å²) in [5, 5.41) is 5.82. The Hall–Kier alpha value is -2.18. The van der Waals surface area contributed by atoms with Crippen molar-refractivity contribution in [3.63, 3.8) is 0 Å². The van der Waals surface area contributed by atoms with Gasteiger partial charge in [-0.15, -0.1) is 0 Å². The first-order valence-corrected chi connectivity index (χ1v) is 5.05. The van der Waals surface area contributed by atoms with Crippen LogP contribution in [0.25, 0.3) is 0 Å². The van der Waals surface area contributed by atoms with Gasteiger partial charge in [-0.25, -0.2) is 4.79 Å². The number of barbiturate groups is 1. The van der Waals surface area contributed by atoms with Crippen LogP contribution in [0.5, 0.6) is 0 Å². The lowest BCUT2D eigenvalue weighted by molar-refractivity contribution is -0.136. The van der Waals surface area contributed by atoms with E-state index in [1.807, 2.05) is 0 Å². The summed E-state index contributed by atoms with van der Waals surface area (Å²) in [4.78, 5) is 35.0. The molecule has 90 valence electrons. The maximum absolute atomic E-state index is 11.6. The van der Waals surface area contributed by atoms with Gasteiger partial charge in [0, 0.05) is 5.56 Å². The lowest BCUT2D eigenvalue weighted by atomic mass is 10.1. The molecule has 4 amide bonds. The van der Waals surface area contributed by atoms with Gasteiger partial charge in [0.15, 0.2) is 0 Å². The number of aryl methyl sites for hydroxylation is 2. The Morgan fingerprint density at radius 2 is 2.06 bits per heavy atom. The summed E-state index contributed by atoms with van der Waals surface area (Å²) in [6.45, 7) is 3.50. The van der Waals surface area contributed by atoms with E-state index in [1.165, 1.54) is 0 Å². The van der Waals surface area contributed by atoms with Crippen molar-refractivity contribution in [2.75, 3.05) is 0 Å². The van der Waals surface area contributed by atoms with Gasteiger partial charge in [-0.05, 0) is 13.8 Å². The van der Waals surface area contributed by atoms with Crippen LogP contribution in [0.3, 0.4) is 0 Å². The van der Waals surface area contributed by atoms with E-state index < -0.39 is 17.8 Å². The molecule has 0 atom stereocenters. The normalized spacial score (nSPS) is 16.4. The minimum atomic E-state index is -0.703. The van der Waals surface area contributed by atoms with E-state index in [-0.39, 0.29) is 13.0 Å². The highest BCUT2D eigenvalue weighted by molar-refractivity contribution is 6.14. The predicted octanol–water partition coefficient (Wildman–Crippen LogP) is 0.260. The highest BCUT2D eigenvalue weighted by Crippen LogP contribution is 2.16. The summed E-state index contributed by atoms with van der Waals surface area (Å²) in [5.74, 6) is -0.534. The van der Waals surface area contributed by atoms with Crippen molar-refractivity contribution in [3.05, 3.63) is 17.0 Å². The molecule has 0 aliphatic carbocycles. The van der Waals surface area contributed by atoms with E-state index in [1.54, 1.807) is 13.8 Å². The minimum absolute atomic E-state index is 0.0686. The second-order valence-electron chi connectivity index (χ2n) is 3.81. The van der Waals surface area contributed by atoms with Gasteiger partial charge in [-0.2, -0.15) is 0 Å². The third kappa shape index (κ3) is 2.03. The molecule has 1 aliphatic heterocycles. The molecule has 17 heavy (non-hydrogen) atoms. The quantitative estimate of drug-likeness (QED) is 0.745. The molecule has 0 saturated carbocycles. The molecule has 1 aliphatic rings. The number of imide groups is 2. The Labute approximate surface area is 96.7 Å². The minimum Gasteiger partial charge on any atom is -0.361 e. The number of aromatic nitrogens is 1. The molecule has 7 nitrogen and oxygen atoms in total. The largest absolute Gasteiger partial charge is 0.361 e. The monoisotopic (exact) mass is 237 g/mol. The molecule has 0 spiro atoms. The number of hydrogen-bond acceptors (Lipinski definition) is 5. The molecule has 0 radical (unpaired) electrons. The van der Waals surface area contributed by atoms with Gasteiger partial charge < -0.3 is 4.52 Å². The molecular weight excluding hydrogens is 226 g/mol. The topological polar surface area (TPSA) is 92.5 Å². The zero-order valence-corrected chi connectivity index (χ0v) is 9.44. The molecule has 0 aromatic carbocycles. The zero-order chi connectivity index (χ0) is 12.6. The average molecular weight is 237 g/mol. The summed E-state index contributed by atoms with van der Waals surface area (Å²) in [6.07, 6.45) is -0.310. The van der Waals surface area contributed by atoms with E-state index in [9.17, 15) is 14.4 Å². The lowest BCUT2D eigenvalue weighted by Gasteiger charge is -2.24. The molecule has 1 aromatic rings. The van der Waals surface area contributed by atoms with Crippen LogP contribution in [0.2, 0.25) is 0 Å². The third-order valence-electron chi connectivity index (χ3n) is 2.60. The van der Waals surface area contributed by atoms with Crippen molar-refractivity contribution in [2.45, 2.75) is 26.8 Å². The number of nitrogens with zero attached hydrogens (tertiary/aromatic N) is 2. The van der Waals surface area contributed by atoms with Gasteiger partial charge >= 0.3 is 6.03 Å². The van der Waals surface area contributed by atoms with Crippen LogP contribution in [0.1, 0.15) is 23.4 Å². The van der Waals surface area contributed by atoms with Crippen molar-refractivity contribution in [1.82, 2.24) is 15.4 Å². The summed E-state index contributed by atoms with van der Waals surface area (Å²) in [5.41, 5.74) is 1.31. The molecule has 2 rings (SSSR count). The van der Waals surface area contributed by atoms with Crippen LogP contribution in [0.15, 0.2) is 4.52 Å². The molecule has 0 bridgehead atoms. The highest BCUT2D eigenvalue weighted by Gasteiger charge is 2.31. The summed E-state index contributed by atoms with van der Waals surface area (Å²) in [6, 6.07) is -0.703. The molecule has 2 heterocycles. The fourth-order valence-electron chi connectivity index (χ4n) is 1.62. The van der Waals surface area contributed by atoms with Crippen molar-refractivity contribution >= 4 is 17.8 Å². The van der Waals surface area contributed by atoms with Crippen molar-refractivity contribution in [2.24, 2.45) is 0 Å². The van der Waals surface area contributed by atoms with E-state index in [2.05, 4.69) is 10.5 Å². The van der Waals surface area contributed by atoms with Crippen LogP contribution in [0.4, 0.5) is 4.79 Å². The highest BCUT2D eigenvalue weighted by atomic mass is 16.5. The summed E-state index contributed by atoms with van der Waals surface area (Å²) in [7, 11) is 0. The van der Waals surface area contributed by atoms with Gasteiger partial charge in [0.1, 0.15) is 12.2 Å². The van der Waals surface area contributed by atoms with E-state index in [0.29, 0.717) is 17.0 Å². The summed E-state index contributed by atoms with van der Waals surface area (Å²) < 4.78 is 4.94. The van der Waals surface area contributed by atoms with E-state index in [0.717, 1.165) is 4.90 Å². The van der Waals surface area contributed by atoms with E-state index >= 15 is 0 Å². The summed E-state index contributed by atoms with van der Waals surface area (Å²) >= 11 is 0. The number of amides is 4. The van der Waals surface area contributed by atoms with Crippen LogP contribution in [0, 0.1) is 13.8 Å². The Bertz CT molecular complexity index is 466. The Morgan fingerprint density at radius 3 is 2.59 bits per heavy atom. The van der Waals surface area contributed by atoms with Crippen molar-refractivity contribution in [3.8, 4) is 0 Å². The fourth-order valence-corrected chi connectivity index (χ4v) is 1.62. The van der Waals surface area contributed by atoms with Crippen molar-refractivity contribution in [1.29, 1.82) is 0 Å². The Kier molecular flexibility index (Phi) is 2.66. The van der Waals surface area contributed by atoms with Gasteiger partial charge in [0.25, 0.3) is 0 Å². The van der Waals surface area contributed by atoms with Gasteiger partial charge in [-0.3, -0.25) is 19.8 Å². The van der Waals surface area contributed by atoms with Gasteiger partial charge in [-0.1, -0.05) is 5.16 Å². The number of urea groups is 1. The molecule has 1 N–H and O–H groups in total. The third-order valence-corrected chi connectivity index (χ3v) is 2.60. The number of nitrogens with one attached hydrogen (secondary N) is 1. The second-order valence-corrected chi connectivity index (χ2v) is 3.81. The molecular formula is C10H11N3O4. The number of carbonyl (C=O) groups excluding carboxylic acids is 3. The maximum atomic E-state index is 11.6. The molecule has 1 aromatic heterocycles. The number of rotatable bonds is 2. The molecule has 1 fully saturated rings. The SMILES string of the molecule is Cc1noc(C)c1CN1C(=O)CC(=O)NC1=O. The molecule has 1 saturated heterocycles. The second kappa shape index (κ2) is 4.00.